The van der Waals surface area contributed by atoms with Crippen LogP contribution >= 0.6 is 24.0 Å². The fraction of sp³-hybridized carbons (Fsp3) is 0.318. The summed E-state index contributed by atoms with van der Waals surface area (Å²) in [6.07, 6.45) is 4.32. The van der Waals surface area contributed by atoms with Gasteiger partial charge in [-0.2, -0.15) is 8.78 Å². The Morgan fingerprint density at radius 1 is 1.06 bits per heavy atom. The minimum atomic E-state index is -2.89. The zero-order valence-electron chi connectivity index (χ0n) is 17.5. The van der Waals surface area contributed by atoms with Crippen LogP contribution in [0.1, 0.15) is 11.1 Å². The molecule has 0 spiro atoms. The highest BCUT2D eigenvalue weighted by atomic mass is 127. The van der Waals surface area contributed by atoms with E-state index in [1.165, 1.54) is 18.9 Å². The summed E-state index contributed by atoms with van der Waals surface area (Å²) in [5.74, 6) is 1.21. The Morgan fingerprint density at radius 2 is 1.74 bits per heavy atom. The Kier molecular flexibility index (Phi) is 9.83. The maximum atomic E-state index is 12.7. The molecule has 0 amide bonds. The molecule has 1 aliphatic rings. The topological polar surface area (TPSA) is 58.1 Å². The molecule has 2 aromatic carbocycles. The number of guanidine groups is 1. The average molecular weight is 544 g/mol. The molecule has 0 saturated carbocycles. The third kappa shape index (κ3) is 7.27. The van der Waals surface area contributed by atoms with Crippen LogP contribution in [0, 0.1) is 0 Å². The molecule has 0 fully saturated rings. The summed E-state index contributed by atoms with van der Waals surface area (Å²) >= 11 is 0. The molecule has 168 valence electrons. The maximum absolute atomic E-state index is 12.7. The summed E-state index contributed by atoms with van der Waals surface area (Å²) in [7, 11) is 3.17. The quantitative estimate of drug-likeness (QED) is 0.226. The molecule has 6 nitrogen and oxygen atoms in total. The third-order valence-electron chi connectivity index (χ3n) is 4.73. The van der Waals surface area contributed by atoms with Gasteiger partial charge in [-0.1, -0.05) is 24.3 Å². The Hall–Kier alpha value is -2.56. The van der Waals surface area contributed by atoms with Gasteiger partial charge >= 0.3 is 6.61 Å². The van der Waals surface area contributed by atoms with Crippen LogP contribution in [0.5, 0.6) is 11.5 Å². The number of halogens is 3. The van der Waals surface area contributed by atoms with Crippen molar-refractivity contribution in [1.29, 1.82) is 0 Å². The number of ether oxygens (including phenoxy) is 2. The van der Waals surface area contributed by atoms with Crippen LogP contribution in [0.25, 0.3) is 0 Å². The lowest BCUT2D eigenvalue weighted by Gasteiger charge is -2.18. The largest absolute Gasteiger partial charge is 0.497 e. The highest BCUT2D eigenvalue weighted by Crippen LogP contribution is 2.25. The molecule has 0 aliphatic carbocycles. The molecule has 1 aliphatic heterocycles. The van der Waals surface area contributed by atoms with Crippen molar-refractivity contribution in [3.8, 4) is 11.5 Å². The van der Waals surface area contributed by atoms with Crippen molar-refractivity contribution in [3.05, 3.63) is 65.7 Å². The van der Waals surface area contributed by atoms with E-state index >= 15 is 0 Å². The SMILES string of the molecule is CN=C(NCc1ccc(N2CC=CC2)cc1)NCc1cc(OC)ccc1OC(F)F.I. The highest BCUT2D eigenvalue weighted by Gasteiger charge is 2.12. The zero-order valence-corrected chi connectivity index (χ0v) is 19.8. The van der Waals surface area contributed by atoms with Crippen molar-refractivity contribution in [1.82, 2.24) is 10.6 Å². The van der Waals surface area contributed by atoms with Crippen LogP contribution < -0.4 is 25.0 Å². The van der Waals surface area contributed by atoms with Crippen molar-refractivity contribution in [2.24, 2.45) is 4.99 Å². The Morgan fingerprint density at radius 3 is 2.35 bits per heavy atom. The van der Waals surface area contributed by atoms with Crippen molar-refractivity contribution < 1.29 is 18.3 Å². The molecule has 31 heavy (non-hydrogen) atoms. The minimum absolute atomic E-state index is 0. The van der Waals surface area contributed by atoms with Crippen LogP contribution in [-0.4, -0.2) is 39.8 Å². The molecule has 1 heterocycles. The van der Waals surface area contributed by atoms with E-state index in [-0.39, 0.29) is 36.3 Å². The van der Waals surface area contributed by atoms with Crippen LogP contribution in [0.2, 0.25) is 0 Å². The minimum Gasteiger partial charge on any atom is -0.497 e. The van der Waals surface area contributed by atoms with E-state index in [0.29, 0.717) is 23.8 Å². The summed E-state index contributed by atoms with van der Waals surface area (Å²) in [4.78, 5) is 6.47. The second-order valence-electron chi connectivity index (χ2n) is 6.67. The highest BCUT2D eigenvalue weighted by molar-refractivity contribution is 14.0. The van der Waals surface area contributed by atoms with Crippen molar-refractivity contribution in [3.63, 3.8) is 0 Å². The predicted molar refractivity (Wildman–Crippen MR) is 130 cm³/mol. The number of alkyl halides is 2. The van der Waals surface area contributed by atoms with E-state index in [9.17, 15) is 8.78 Å². The van der Waals surface area contributed by atoms with E-state index < -0.39 is 6.61 Å². The summed E-state index contributed by atoms with van der Waals surface area (Å²) in [5, 5.41) is 6.35. The molecule has 0 bridgehead atoms. The number of rotatable bonds is 8. The molecule has 2 aromatic rings. The number of nitrogens with zero attached hydrogens (tertiary/aromatic N) is 2. The number of anilines is 1. The Labute approximate surface area is 198 Å². The summed E-state index contributed by atoms with van der Waals surface area (Å²) in [5.41, 5.74) is 2.84. The predicted octanol–water partition coefficient (Wildman–Crippen LogP) is 4.16. The lowest BCUT2D eigenvalue weighted by molar-refractivity contribution is -0.0504. The number of hydrogen-bond donors (Lipinski definition) is 2. The van der Waals surface area contributed by atoms with Crippen LogP contribution in [-0.2, 0) is 13.1 Å². The smallest absolute Gasteiger partial charge is 0.387 e. The van der Waals surface area contributed by atoms with Gasteiger partial charge in [-0.25, -0.2) is 0 Å². The molecule has 0 atom stereocenters. The van der Waals surface area contributed by atoms with E-state index in [0.717, 1.165) is 18.7 Å². The monoisotopic (exact) mass is 544 g/mol. The molecule has 2 N–H and O–H groups in total. The number of nitrogens with one attached hydrogen (secondary N) is 2. The summed E-state index contributed by atoms with van der Waals surface area (Å²) in [6.45, 7) is -0.184. The van der Waals surface area contributed by atoms with E-state index in [4.69, 9.17) is 4.74 Å². The van der Waals surface area contributed by atoms with Gasteiger partial charge in [-0.15, -0.1) is 24.0 Å². The van der Waals surface area contributed by atoms with Gasteiger partial charge in [0.2, 0.25) is 0 Å². The van der Waals surface area contributed by atoms with Crippen molar-refractivity contribution in [2.45, 2.75) is 19.7 Å². The summed E-state index contributed by atoms with van der Waals surface area (Å²) in [6, 6.07) is 13.1. The first-order chi connectivity index (χ1) is 14.6. The van der Waals surface area contributed by atoms with E-state index in [2.05, 4.69) is 61.7 Å². The van der Waals surface area contributed by atoms with Crippen LogP contribution in [0.3, 0.4) is 0 Å². The van der Waals surface area contributed by atoms with Gasteiger partial charge < -0.3 is 25.0 Å². The molecule has 0 saturated heterocycles. The Balaban J connectivity index is 0.00000341. The number of hydrogen-bond acceptors (Lipinski definition) is 4. The number of aliphatic imine (C=N–C) groups is 1. The molecule has 3 rings (SSSR count). The maximum Gasteiger partial charge on any atom is 0.387 e. The molecule has 0 aromatic heterocycles. The van der Waals surface area contributed by atoms with Gasteiger partial charge in [0.05, 0.1) is 7.11 Å². The van der Waals surface area contributed by atoms with Crippen molar-refractivity contribution in [2.75, 3.05) is 32.1 Å². The second kappa shape index (κ2) is 12.3. The molecule has 9 heteroatoms. The fourth-order valence-electron chi connectivity index (χ4n) is 3.13. The van der Waals surface area contributed by atoms with Crippen LogP contribution in [0.4, 0.5) is 14.5 Å². The number of methoxy groups -OCH3 is 1. The molecule has 0 radical (unpaired) electrons. The molecule has 0 unspecified atom stereocenters. The molecular weight excluding hydrogens is 517 g/mol. The lowest BCUT2D eigenvalue weighted by atomic mass is 10.2. The first-order valence-electron chi connectivity index (χ1n) is 9.64. The van der Waals surface area contributed by atoms with E-state index in [1.54, 1.807) is 19.2 Å². The van der Waals surface area contributed by atoms with E-state index in [1.807, 2.05) is 0 Å². The van der Waals surface area contributed by atoms with Gasteiger partial charge in [0.15, 0.2) is 5.96 Å². The van der Waals surface area contributed by atoms with Gasteiger partial charge in [0.25, 0.3) is 0 Å². The summed E-state index contributed by atoms with van der Waals surface area (Å²) < 4.78 is 35.1. The first-order valence-corrected chi connectivity index (χ1v) is 9.64. The van der Waals surface area contributed by atoms with Crippen LogP contribution in [0.15, 0.2) is 59.6 Å². The standard InChI is InChI=1S/C22H26F2N4O2.HI/c1-25-22(26-14-16-5-7-18(8-6-16)28-11-3-4-12-28)27-15-17-13-19(29-2)9-10-20(17)30-21(23)24;/h3-10,13,21H,11-12,14-15H2,1-2H3,(H2,25,26,27);1H. The Bertz CT molecular complexity index is 884. The lowest BCUT2D eigenvalue weighted by Crippen LogP contribution is -2.36. The second-order valence-corrected chi connectivity index (χ2v) is 6.67. The fourth-order valence-corrected chi connectivity index (χ4v) is 3.13. The zero-order chi connectivity index (χ0) is 21.3. The first kappa shape index (κ1) is 24.7. The van der Waals surface area contributed by atoms with Gasteiger partial charge in [-0.05, 0) is 35.9 Å². The van der Waals surface area contributed by atoms with Gasteiger partial charge in [0.1, 0.15) is 11.5 Å². The van der Waals surface area contributed by atoms with Gasteiger partial charge in [-0.3, -0.25) is 4.99 Å². The average Bonchev–Trinajstić information content (AvgIpc) is 3.29. The number of benzene rings is 2. The molecular formula is C22H27F2IN4O2. The normalized spacial score (nSPS) is 13.2. The van der Waals surface area contributed by atoms with Gasteiger partial charge in [0, 0.05) is 44.5 Å². The third-order valence-corrected chi connectivity index (χ3v) is 4.73. The van der Waals surface area contributed by atoms with Crippen molar-refractivity contribution >= 4 is 35.6 Å².